The van der Waals surface area contributed by atoms with Gasteiger partial charge in [-0.3, -0.25) is 14.5 Å². The molecule has 2 amide bonds. The zero-order chi connectivity index (χ0) is 19.1. The second-order valence-corrected chi connectivity index (χ2v) is 8.01. The molecule has 0 aromatic carbocycles. The summed E-state index contributed by atoms with van der Waals surface area (Å²) >= 11 is 0. The summed E-state index contributed by atoms with van der Waals surface area (Å²) in [5.74, 6) is 1.70. The van der Waals surface area contributed by atoms with Crippen LogP contribution < -0.4 is 5.32 Å². The number of hydrogen-bond donors (Lipinski definition) is 1. The number of amides is 2. The van der Waals surface area contributed by atoms with Crippen LogP contribution >= 0.6 is 0 Å². The van der Waals surface area contributed by atoms with Gasteiger partial charge in [0.1, 0.15) is 5.76 Å². The van der Waals surface area contributed by atoms with Crippen molar-refractivity contribution in [3.8, 4) is 0 Å². The van der Waals surface area contributed by atoms with E-state index in [1.807, 2.05) is 15.9 Å². The molecule has 1 aliphatic heterocycles. The third-order valence-corrected chi connectivity index (χ3v) is 4.55. The zero-order valence-corrected chi connectivity index (χ0v) is 16.5. The summed E-state index contributed by atoms with van der Waals surface area (Å²) in [4.78, 5) is 29.3. The smallest absolute Gasteiger partial charge is 0.237 e. The Bertz CT molecular complexity index is 559. The molecule has 26 heavy (non-hydrogen) atoms. The maximum Gasteiger partial charge on any atom is 0.237 e. The summed E-state index contributed by atoms with van der Waals surface area (Å²) in [5.41, 5.74) is 0. The molecule has 1 saturated heterocycles. The number of nitrogens with one attached hydrogen (secondary N) is 1. The normalized spacial score (nSPS) is 17.8. The first-order chi connectivity index (χ1) is 12.4. The number of hydrogen-bond acceptors (Lipinski definition) is 4. The number of rotatable bonds is 9. The molecular weight excluding hydrogens is 330 g/mol. The molecule has 0 unspecified atom stereocenters. The fourth-order valence-electron chi connectivity index (χ4n) is 3.45. The van der Waals surface area contributed by atoms with Crippen molar-refractivity contribution in [1.29, 1.82) is 0 Å². The van der Waals surface area contributed by atoms with Gasteiger partial charge in [-0.25, -0.2) is 0 Å². The summed E-state index contributed by atoms with van der Waals surface area (Å²) in [6.07, 6.45) is 3.34. The lowest BCUT2D eigenvalue weighted by Crippen LogP contribution is -2.48. The summed E-state index contributed by atoms with van der Waals surface area (Å²) in [5, 5.41) is 2.92. The average molecular weight is 364 g/mol. The number of carbonyl (C=O) groups excluding carboxylic acids is 2. The maximum atomic E-state index is 12.8. The van der Waals surface area contributed by atoms with Crippen molar-refractivity contribution >= 4 is 11.8 Å². The second kappa shape index (κ2) is 9.76. The topological polar surface area (TPSA) is 65.8 Å². The lowest BCUT2D eigenvalue weighted by molar-refractivity contribution is -0.135. The van der Waals surface area contributed by atoms with Crippen LogP contribution in [0.1, 0.15) is 46.3 Å². The molecule has 1 atom stereocenters. The van der Waals surface area contributed by atoms with Gasteiger partial charge in [-0.2, -0.15) is 0 Å². The predicted octanol–water partition coefficient (Wildman–Crippen LogP) is 2.50. The molecule has 1 N–H and O–H groups in total. The second-order valence-electron chi connectivity index (χ2n) is 8.01. The van der Waals surface area contributed by atoms with Crippen LogP contribution in [-0.2, 0) is 16.1 Å². The van der Waals surface area contributed by atoms with Crippen molar-refractivity contribution in [2.75, 3.05) is 26.2 Å². The van der Waals surface area contributed by atoms with Gasteiger partial charge in [-0.1, -0.05) is 27.7 Å². The van der Waals surface area contributed by atoms with Gasteiger partial charge in [-0.15, -0.1) is 0 Å². The third kappa shape index (κ3) is 6.16. The van der Waals surface area contributed by atoms with E-state index in [0.29, 0.717) is 24.9 Å². The molecule has 0 spiro atoms. The molecule has 0 bridgehead atoms. The zero-order valence-electron chi connectivity index (χ0n) is 16.5. The van der Waals surface area contributed by atoms with Gasteiger partial charge in [0.2, 0.25) is 11.8 Å². The maximum absolute atomic E-state index is 12.8. The Morgan fingerprint density at radius 3 is 2.54 bits per heavy atom. The van der Waals surface area contributed by atoms with E-state index in [-0.39, 0.29) is 17.9 Å². The van der Waals surface area contributed by atoms with Crippen molar-refractivity contribution in [2.45, 2.75) is 53.1 Å². The molecule has 2 rings (SSSR count). The van der Waals surface area contributed by atoms with E-state index in [4.69, 9.17) is 4.42 Å². The summed E-state index contributed by atoms with van der Waals surface area (Å²) in [7, 11) is 0. The molecule has 0 saturated carbocycles. The lowest BCUT2D eigenvalue weighted by Gasteiger charge is -2.30. The van der Waals surface area contributed by atoms with E-state index in [9.17, 15) is 9.59 Å². The van der Waals surface area contributed by atoms with Crippen molar-refractivity contribution in [3.63, 3.8) is 0 Å². The molecule has 6 nitrogen and oxygen atoms in total. The van der Waals surface area contributed by atoms with Gasteiger partial charge in [0, 0.05) is 13.1 Å². The summed E-state index contributed by atoms with van der Waals surface area (Å²) in [6.45, 7) is 11.5. The van der Waals surface area contributed by atoms with E-state index >= 15 is 0 Å². The quantitative estimate of drug-likeness (QED) is 0.732. The van der Waals surface area contributed by atoms with Crippen LogP contribution in [0.5, 0.6) is 0 Å². The molecule has 1 aromatic heterocycles. The molecule has 1 aliphatic rings. The molecule has 1 fully saturated rings. The fourth-order valence-corrected chi connectivity index (χ4v) is 3.45. The van der Waals surface area contributed by atoms with Crippen molar-refractivity contribution in [1.82, 2.24) is 15.1 Å². The van der Waals surface area contributed by atoms with Crippen molar-refractivity contribution in [2.24, 2.45) is 11.8 Å². The summed E-state index contributed by atoms with van der Waals surface area (Å²) in [6, 6.07) is 3.42. The highest BCUT2D eigenvalue weighted by Crippen LogP contribution is 2.18. The van der Waals surface area contributed by atoms with E-state index in [2.05, 4.69) is 33.0 Å². The highest BCUT2D eigenvalue weighted by atomic mass is 16.3. The largest absolute Gasteiger partial charge is 0.467 e. The standard InChI is InChI=1S/C20H33N3O3/c1-15(2)12-23(13-16(3)4)19(24)14-22-9-5-8-18(22)20(25)21-11-17-7-6-10-26-17/h6-7,10,15-16,18H,5,8-9,11-14H2,1-4H3,(H,21,25)/t18-/m0/s1. The molecule has 146 valence electrons. The molecular formula is C20H33N3O3. The predicted molar refractivity (Wildman–Crippen MR) is 101 cm³/mol. The van der Waals surface area contributed by atoms with Crippen LogP contribution in [0.2, 0.25) is 0 Å². The first kappa shape index (κ1) is 20.5. The van der Waals surface area contributed by atoms with Crippen LogP contribution in [0.15, 0.2) is 22.8 Å². The minimum Gasteiger partial charge on any atom is -0.467 e. The number of nitrogens with zero attached hydrogens (tertiary/aromatic N) is 2. The van der Waals surface area contributed by atoms with Crippen molar-refractivity contribution in [3.05, 3.63) is 24.2 Å². The molecule has 6 heteroatoms. The van der Waals surface area contributed by atoms with Crippen LogP contribution in [0.25, 0.3) is 0 Å². The Kier molecular flexibility index (Phi) is 7.69. The fraction of sp³-hybridized carbons (Fsp3) is 0.700. The van der Waals surface area contributed by atoms with Gasteiger partial charge in [0.05, 0.1) is 25.4 Å². The highest BCUT2D eigenvalue weighted by Gasteiger charge is 2.33. The minimum absolute atomic E-state index is 0.0223. The van der Waals surface area contributed by atoms with Gasteiger partial charge in [-0.05, 0) is 43.4 Å². The summed E-state index contributed by atoms with van der Waals surface area (Å²) < 4.78 is 5.25. The monoisotopic (exact) mass is 363 g/mol. The van der Waals surface area contributed by atoms with Crippen LogP contribution in [0.4, 0.5) is 0 Å². The van der Waals surface area contributed by atoms with Crippen LogP contribution in [-0.4, -0.2) is 53.8 Å². The average Bonchev–Trinajstić information content (AvgIpc) is 3.22. The van der Waals surface area contributed by atoms with E-state index in [1.165, 1.54) is 0 Å². The van der Waals surface area contributed by atoms with Gasteiger partial charge in [0.15, 0.2) is 0 Å². The number of likely N-dealkylation sites (tertiary alicyclic amines) is 1. The van der Waals surface area contributed by atoms with E-state index in [0.717, 1.165) is 38.2 Å². The Hall–Kier alpha value is -1.82. The molecule has 0 aliphatic carbocycles. The van der Waals surface area contributed by atoms with Gasteiger partial charge < -0.3 is 14.6 Å². The Balaban J connectivity index is 1.90. The van der Waals surface area contributed by atoms with Crippen LogP contribution in [0, 0.1) is 11.8 Å². The highest BCUT2D eigenvalue weighted by molar-refractivity contribution is 5.84. The van der Waals surface area contributed by atoms with E-state index < -0.39 is 0 Å². The Labute approximate surface area is 156 Å². The van der Waals surface area contributed by atoms with Gasteiger partial charge >= 0.3 is 0 Å². The number of furan rings is 1. The first-order valence-corrected chi connectivity index (χ1v) is 9.68. The van der Waals surface area contributed by atoms with E-state index in [1.54, 1.807) is 12.3 Å². The third-order valence-electron chi connectivity index (χ3n) is 4.55. The van der Waals surface area contributed by atoms with Crippen molar-refractivity contribution < 1.29 is 14.0 Å². The number of carbonyl (C=O) groups is 2. The SMILES string of the molecule is CC(C)CN(CC(C)C)C(=O)CN1CCC[C@H]1C(=O)NCc1ccco1. The molecule has 2 heterocycles. The van der Waals surface area contributed by atoms with Gasteiger partial charge in [0.25, 0.3) is 0 Å². The lowest BCUT2D eigenvalue weighted by atomic mass is 10.1. The van der Waals surface area contributed by atoms with Crippen LogP contribution in [0.3, 0.4) is 0 Å². The Morgan fingerprint density at radius 2 is 1.96 bits per heavy atom. The molecule has 0 radical (unpaired) electrons. The minimum atomic E-state index is -0.228. The first-order valence-electron chi connectivity index (χ1n) is 9.68. The Morgan fingerprint density at radius 1 is 1.27 bits per heavy atom. The molecule has 1 aromatic rings.